The number of ether oxygens (including phenoxy) is 1. The minimum Gasteiger partial charge on any atom is -0.452 e. The van der Waals surface area contributed by atoms with E-state index in [-0.39, 0.29) is 24.5 Å². The van der Waals surface area contributed by atoms with Gasteiger partial charge in [-0.05, 0) is 55.8 Å². The van der Waals surface area contributed by atoms with Crippen molar-refractivity contribution in [2.24, 2.45) is 0 Å². The van der Waals surface area contributed by atoms with Crippen LogP contribution in [0.5, 0.6) is 0 Å². The van der Waals surface area contributed by atoms with E-state index in [0.29, 0.717) is 22.7 Å². The molecule has 2 aromatic rings. The summed E-state index contributed by atoms with van der Waals surface area (Å²) in [6, 6.07) is 10.2. The summed E-state index contributed by atoms with van der Waals surface area (Å²) in [6.45, 7) is 2.45. The molecule has 1 aromatic heterocycles. The van der Waals surface area contributed by atoms with E-state index in [4.69, 9.17) is 4.74 Å². The highest BCUT2D eigenvalue weighted by molar-refractivity contribution is 7.12. The molecule has 0 bridgehead atoms. The topological polar surface area (TPSA) is 75.7 Å². The third-order valence-electron chi connectivity index (χ3n) is 4.55. The molecule has 1 N–H and O–H groups in total. The van der Waals surface area contributed by atoms with Gasteiger partial charge in [0.1, 0.15) is 0 Å². The molecule has 27 heavy (non-hydrogen) atoms. The SMILES string of the molecule is C[C@@H]1CCCCN1C(=O)COC(=O)c1cccc(NC(=O)c2cccs2)c1. The van der Waals surface area contributed by atoms with Crippen LogP contribution >= 0.6 is 11.3 Å². The van der Waals surface area contributed by atoms with Crippen molar-refractivity contribution in [2.75, 3.05) is 18.5 Å². The maximum Gasteiger partial charge on any atom is 0.338 e. The van der Waals surface area contributed by atoms with E-state index in [1.165, 1.54) is 11.3 Å². The molecule has 7 heteroatoms. The molecule has 0 unspecified atom stereocenters. The van der Waals surface area contributed by atoms with Crippen molar-refractivity contribution in [2.45, 2.75) is 32.2 Å². The molecular formula is C20H22N2O4S. The van der Waals surface area contributed by atoms with Gasteiger partial charge >= 0.3 is 5.97 Å². The molecule has 2 heterocycles. The summed E-state index contributed by atoms with van der Waals surface area (Å²) in [7, 11) is 0. The molecule has 0 aliphatic carbocycles. The van der Waals surface area contributed by atoms with Crippen LogP contribution in [0.4, 0.5) is 5.69 Å². The molecule has 1 aliphatic heterocycles. The monoisotopic (exact) mass is 386 g/mol. The van der Waals surface area contributed by atoms with Crippen LogP contribution in [-0.2, 0) is 9.53 Å². The van der Waals surface area contributed by atoms with Crippen molar-refractivity contribution >= 4 is 34.8 Å². The molecular weight excluding hydrogens is 364 g/mol. The highest BCUT2D eigenvalue weighted by Gasteiger charge is 2.24. The fraction of sp³-hybridized carbons (Fsp3) is 0.350. The number of hydrogen-bond acceptors (Lipinski definition) is 5. The van der Waals surface area contributed by atoms with E-state index in [9.17, 15) is 14.4 Å². The largest absolute Gasteiger partial charge is 0.452 e. The van der Waals surface area contributed by atoms with E-state index >= 15 is 0 Å². The molecule has 142 valence electrons. The van der Waals surface area contributed by atoms with Gasteiger partial charge in [0.2, 0.25) is 0 Å². The molecule has 1 aromatic carbocycles. The number of carbonyl (C=O) groups is 3. The van der Waals surface area contributed by atoms with E-state index in [1.807, 2.05) is 12.3 Å². The molecule has 0 spiro atoms. The van der Waals surface area contributed by atoms with Gasteiger partial charge in [0.05, 0.1) is 10.4 Å². The predicted octanol–water partition coefficient (Wildman–Crippen LogP) is 3.56. The fourth-order valence-electron chi connectivity index (χ4n) is 3.09. The van der Waals surface area contributed by atoms with Crippen LogP contribution in [0.25, 0.3) is 0 Å². The van der Waals surface area contributed by atoms with Gasteiger partial charge < -0.3 is 15.0 Å². The number of piperidine rings is 1. The summed E-state index contributed by atoms with van der Waals surface area (Å²) >= 11 is 1.34. The van der Waals surface area contributed by atoms with Gasteiger partial charge in [-0.3, -0.25) is 9.59 Å². The lowest BCUT2D eigenvalue weighted by atomic mass is 10.0. The number of thiophene rings is 1. The highest BCUT2D eigenvalue weighted by Crippen LogP contribution is 2.18. The number of likely N-dealkylation sites (tertiary alicyclic amines) is 1. The molecule has 6 nitrogen and oxygen atoms in total. The minimum atomic E-state index is -0.583. The Bertz CT molecular complexity index is 819. The van der Waals surface area contributed by atoms with Gasteiger partial charge in [-0.2, -0.15) is 0 Å². The molecule has 1 saturated heterocycles. The number of carbonyl (C=O) groups excluding carboxylic acids is 3. The normalized spacial score (nSPS) is 16.6. The Morgan fingerprint density at radius 1 is 1.22 bits per heavy atom. The Balaban J connectivity index is 1.57. The highest BCUT2D eigenvalue weighted by atomic mass is 32.1. The van der Waals surface area contributed by atoms with Crippen LogP contribution in [0.1, 0.15) is 46.2 Å². The Morgan fingerprint density at radius 3 is 2.81 bits per heavy atom. The lowest BCUT2D eigenvalue weighted by Crippen LogP contribution is -2.44. The maximum atomic E-state index is 12.3. The second-order valence-electron chi connectivity index (χ2n) is 6.52. The lowest BCUT2D eigenvalue weighted by molar-refractivity contribution is -0.137. The first-order valence-electron chi connectivity index (χ1n) is 8.96. The average molecular weight is 386 g/mol. The molecule has 1 fully saturated rings. The summed E-state index contributed by atoms with van der Waals surface area (Å²) in [6.07, 6.45) is 3.08. The first-order valence-corrected chi connectivity index (χ1v) is 9.84. The number of anilines is 1. The van der Waals surface area contributed by atoms with Gasteiger partial charge in [0, 0.05) is 18.3 Å². The summed E-state index contributed by atoms with van der Waals surface area (Å²) in [5.41, 5.74) is 0.789. The Kier molecular flexibility index (Phi) is 6.24. The van der Waals surface area contributed by atoms with Crippen LogP contribution in [-0.4, -0.2) is 41.9 Å². The summed E-state index contributed by atoms with van der Waals surface area (Å²) < 4.78 is 5.18. The third-order valence-corrected chi connectivity index (χ3v) is 5.42. The zero-order chi connectivity index (χ0) is 19.2. The van der Waals surface area contributed by atoms with Gasteiger partial charge in [-0.25, -0.2) is 4.79 Å². The molecule has 0 radical (unpaired) electrons. The molecule has 3 rings (SSSR count). The van der Waals surface area contributed by atoms with Crippen LogP contribution in [0, 0.1) is 0 Å². The van der Waals surface area contributed by atoms with Crippen molar-refractivity contribution in [1.29, 1.82) is 0 Å². The maximum absolute atomic E-state index is 12.3. The van der Waals surface area contributed by atoms with Crippen LogP contribution in [0.3, 0.4) is 0 Å². The fourth-order valence-corrected chi connectivity index (χ4v) is 3.71. The van der Waals surface area contributed by atoms with Crippen LogP contribution in [0.2, 0.25) is 0 Å². The summed E-state index contributed by atoms with van der Waals surface area (Å²) in [4.78, 5) is 39.0. The number of benzene rings is 1. The Labute approximate surface area is 162 Å². The van der Waals surface area contributed by atoms with Gasteiger partial charge in [-0.15, -0.1) is 11.3 Å². The molecule has 1 aliphatic rings. The van der Waals surface area contributed by atoms with E-state index in [1.54, 1.807) is 41.3 Å². The Morgan fingerprint density at radius 2 is 2.07 bits per heavy atom. The van der Waals surface area contributed by atoms with Crippen molar-refractivity contribution in [1.82, 2.24) is 4.90 Å². The zero-order valence-electron chi connectivity index (χ0n) is 15.1. The van der Waals surface area contributed by atoms with Gasteiger partial charge in [0.15, 0.2) is 6.61 Å². The van der Waals surface area contributed by atoms with Crippen molar-refractivity contribution in [3.63, 3.8) is 0 Å². The summed E-state index contributed by atoms with van der Waals surface area (Å²) in [5, 5.41) is 4.57. The molecule has 0 saturated carbocycles. The van der Waals surface area contributed by atoms with Crippen LogP contribution in [0.15, 0.2) is 41.8 Å². The number of esters is 1. The van der Waals surface area contributed by atoms with Gasteiger partial charge in [-0.1, -0.05) is 12.1 Å². The molecule has 2 amide bonds. The number of rotatable bonds is 5. The second kappa shape index (κ2) is 8.81. The van der Waals surface area contributed by atoms with Gasteiger partial charge in [0.25, 0.3) is 11.8 Å². The summed E-state index contributed by atoms with van der Waals surface area (Å²) in [5.74, 6) is -0.984. The lowest BCUT2D eigenvalue weighted by Gasteiger charge is -2.33. The predicted molar refractivity (Wildman–Crippen MR) is 104 cm³/mol. The van der Waals surface area contributed by atoms with Crippen LogP contribution < -0.4 is 5.32 Å². The van der Waals surface area contributed by atoms with Crippen molar-refractivity contribution in [3.05, 3.63) is 52.2 Å². The zero-order valence-corrected chi connectivity index (χ0v) is 16.0. The third kappa shape index (κ3) is 4.95. The minimum absolute atomic E-state index is 0.169. The first kappa shape index (κ1) is 19.1. The number of amides is 2. The smallest absolute Gasteiger partial charge is 0.338 e. The number of nitrogens with one attached hydrogen (secondary N) is 1. The van der Waals surface area contributed by atoms with Crippen molar-refractivity contribution < 1.29 is 19.1 Å². The number of hydrogen-bond donors (Lipinski definition) is 1. The van der Waals surface area contributed by atoms with Crippen molar-refractivity contribution in [3.8, 4) is 0 Å². The van der Waals surface area contributed by atoms with E-state index in [0.717, 1.165) is 19.3 Å². The van der Waals surface area contributed by atoms with E-state index < -0.39 is 5.97 Å². The molecule has 1 atom stereocenters. The second-order valence-corrected chi connectivity index (χ2v) is 7.47. The quantitative estimate of drug-likeness (QED) is 0.797. The number of nitrogens with zero attached hydrogens (tertiary/aromatic N) is 1. The standard InChI is InChI=1S/C20H22N2O4S/c1-14-6-2-3-10-22(14)18(23)13-26-20(25)15-7-4-8-16(12-15)21-19(24)17-9-5-11-27-17/h4-5,7-9,11-12,14H,2-3,6,10,13H2,1H3,(H,21,24)/t14-/m1/s1. The first-order chi connectivity index (χ1) is 13.0. The Hall–Kier alpha value is -2.67. The average Bonchev–Trinajstić information content (AvgIpc) is 3.21. The van der Waals surface area contributed by atoms with E-state index in [2.05, 4.69) is 5.32 Å².